The molecule has 1 aliphatic heterocycles. The van der Waals surface area contributed by atoms with E-state index in [9.17, 15) is 14.4 Å². The van der Waals surface area contributed by atoms with E-state index in [0.29, 0.717) is 23.5 Å². The first-order chi connectivity index (χ1) is 14.4. The molecule has 30 heavy (non-hydrogen) atoms. The van der Waals surface area contributed by atoms with Gasteiger partial charge in [-0.15, -0.1) is 0 Å². The van der Waals surface area contributed by atoms with Crippen LogP contribution in [0.25, 0.3) is 0 Å². The van der Waals surface area contributed by atoms with E-state index in [1.807, 2.05) is 6.08 Å². The molecule has 2 aliphatic rings. The van der Waals surface area contributed by atoms with Crippen molar-refractivity contribution in [3.63, 3.8) is 0 Å². The number of rotatable bonds is 6. The highest BCUT2D eigenvalue weighted by Crippen LogP contribution is 2.56. The van der Waals surface area contributed by atoms with Gasteiger partial charge in [-0.25, -0.2) is 0 Å². The zero-order valence-corrected chi connectivity index (χ0v) is 17.8. The van der Waals surface area contributed by atoms with Crippen molar-refractivity contribution < 1.29 is 33.3 Å². The number of hydrogen-bond donors (Lipinski definition) is 0. The third-order valence-corrected chi connectivity index (χ3v) is 5.96. The minimum Gasteiger partial charge on any atom is -0.497 e. The van der Waals surface area contributed by atoms with Crippen molar-refractivity contribution in [3.05, 3.63) is 41.7 Å². The first-order valence-corrected chi connectivity index (χ1v) is 10.3. The second kappa shape index (κ2) is 8.90. The van der Waals surface area contributed by atoms with Gasteiger partial charge in [-0.2, -0.15) is 0 Å². The Labute approximate surface area is 176 Å². The van der Waals surface area contributed by atoms with E-state index in [2.05, 4.69) is 0 Å². The van der Waals surface area contributed by atoms with Crippen LogP contribution in [0.2, 0.25) is 0 Å². The number of cyclic esters (lactones) is 1. The van der Waals surface area contributed by atoms with Gasteiger partial charge in [-0.3, -0.25) is 14.4 Å². The fourth-order valence-electron chi connectivity index (χ4n) is 4.71. The quantitative estimate of drug-likeness (QED) is 0.399. The molecule has 1 fully saturated rings. The molecule has 3 atom stereocenters. The van der Waals surface area contributed by atoms with E-state index in [-0.39, 0.29) is 25.6 Å². The van der Waals surface area contributed by atoms with Gasteiger partial charge in [0.15, 0.2) is 5.41 Å². The van der Waals surface area contributed by atoms with Crippen LogP contribution in [-0.4, -0.2) is 38.2 Å². The lowest BCUT2D eigenvalue weighted by atomic mass is 9.55. The van der Waals surface area contributed by atoms with Gasteiger partial charge in [-0.1, -0.05) is 12.1 Å². The van der Waals surface area contributed by atoms with Crippen molar-refractivity contribution in [2.75, 3.05) is 20.3 Å². The highest BCUT2D eigenvalue weighted by Gasteiger charge is 2.63. The number of carbonyl (C=O) groups excluding carboxylic acids is 3. The van der Waals surface area contributed by atoms with Crippen molar-refractivity contribution in [1.82, 2.24) is 0 Å². The van der Waals surface area contributed by atoms with Crippen LogP contribution in [0.5, 0.6) is 5.75 Å². The Morgan fingerprint density at radius 3 is 2.23 bits per heavy atom. The molecule has 1 saturated carbocycles. The van der Waals surface area contributed by atoms with Crippen molar-refractivity contribution in [3.8, 4) is 5.75 Å². The molecule has 7 nitrogen and oxygen atoms in total. The van der Waals surface area contributed by atoms with E-state index in [1.165, 1.54) is 0 Å². The van der Waals surface area contributed by atoms with Gasteiger partial charge in [0.1, 0.15) is 11.5 Å². The molecule has 162 valence electrons. The number of fused-ring (bicyclic) bond motifs is 1. The van der Waals surface area contributed by atoms with Crippen molar-refractivity contribution in [1.29, 1.82) is 0 Å². The Bertz CT molecular complexity index is 822. The smallest absolute Gasteiger partial charge is 0.324 e. The molecule has 0 bridgehead atoms. The maximum atomic E-state index is 13.3. The maximum absolute atomic E-state index is 13.3. The topological polar surface area (TPSA) is 88.1 Å². The zero-order valence-electron chi connectivity index (χ0n) is 17.8. The van der Waals surface area contributed by atoms with Gasteiger partial charge in [0, 0.05) is 5.92 Å². The Kier molecular flexibility index (Phi) is 6.48. The summed E-state index contributed by atoms with van der Waals surface area (Å²) in [7, 11) is 1.55. The number of hydrogen-bond acceptors (Lipinski definition) is 7. The van der Waals surface area contributed by atoms with Crippen LogP contribution in [-0.2, 0) is 28.6 Å². The van der Waals surface area contributed by atoms with Crippen molar-refractivity contribution >= 4 is 17.9 Å². The summed E-state index contributed by atoms with van der Waals surface area (Å²) in [6.45, 7) is 5.34. The molecule has 7 heteroatoms. The third-order valence-electron chi connectivity index (χ3n) is 5.96. The van der Waals surface area contributed by atoms with E-state index >= 15 is 0 Å². The van der Waals surface area contributed by atoms with Crippen LogP contribution in [0.3, 0.4) is 0 Å². The summed E-state index contributed by atoms with van der Waals surface area (Å²) in [6.07, 6.45) is 2.60. The minimum absolute atomic E-state index is 0.118. The fourth-order valence-corrected chi connectivity index (χ4v) is 4.71. The first-order valence-electron chi connectivity index (χ1n) is 10.3. The summed E-state index contributed by atoms with van der Waals surface area (Å²) in [5.41, 5.74) is -0.962. The number of allylic oxidation sites excluding steroid dienone is 2. The average Bonchev–Trinajstić information content (AvgIpc) is 2.73. The van der Waals surface area contributed by atoms with Crippen LogP contribution >= 0.6 is 0 Å². The number of esters is 3. The minimum atomic E-state index is -1.63. The second-order valence-corrected chi connectivity index (χ2v) is 7.59. The summed E-state index contributed by atoms with van der Waals surface area (Å²) in [5.74, 6) is -2.24. The summed E-state index contributed by atoms with van der Waals surface area (Å²) < 4.78 is 21.4. The summed E-state index contributed by atoms with van der Waals surface area (Å²) >= 11 is 0. The monoisotopic (exact) mass is 416 g/mol. The maximum Gasteiger partial charge on any atom is 0.324 e. The zero-order chi connectivity index (χ0) is 21.9. The molecule has 0 spiro atoms. The van der Waals surface area contributed by atoms with Crippen LogP contribution in [0.15, 0.2) is 36.1 Å². The molecule has 0 N–H and O–H groups in total. The van der Waals surface area contributed by atoms with Crippen LogP contribution in [0.4, 0.5) is 0 Å². The molecule has 1 aromatic rings. The number of benzene rings is 1. The van der Waals surface area contributed by atoms with E-state index in [1.54, 1.807) is 52.1 Å². The van der Waals surface area contributed by atoms with E-state index < -0.39 is 35.2 Å². The molecule has 3 rings (SSSR count). The van der Waals surface area contributed by atoms with Crippen molar-refractivity contribution in [2.45, 2.75) is 39.5 Å². The molecule has 0 saturated heterocycles. The summed E-state index contributed by atoms with van der Waals surface area (Å²) in [5, 5.41) is 0. The van der Waals surface area contributed by atoms with Gasteiger partial charge < -0.3 is 18.9 Å². The Morgan fingerprint density at radius 2 is 1.70 bits per heavy atom. The normalized spacial score (nSPS) is 24.7. The van der Waals surface area contributed by atoms with Crippen LogP contribution in [0, 0.1) is 17.3 Å². The predicted molar refractivity (Wildman–Crippen MR) is 107 cm³/mol. The Hall–Kier alpha value is -2.83. The third kappa shape index (κ3) is 3.68. The Balaban J connectivity index is 2.20. The molecular formula is C23H28O7. The molecule has 1 aliphatic carbocycles. The molecule has 1 heterocycles. The largest absolute Gasteiger partial charge is 0.497 e. The molecule has 0 radical (unpaired) electrons. The molecule has 0 unspecified atom stereocenters. The average molecular weight is 416 g/mol. The summed E-state index contributed by atoms with van der Waals surface area (Å²) in [6, 6.07) is 7.04. The lowest BCUT2D eigenvalue weighted by Crippen LogP contribution is -2.55. The second-order valence-electron chi connectivity index (χ2n) is 7.59. The van der Waals surface area contributed by atoms with Gasteiger partial charge >= 0.3 is 17.9 Å². The standard InChI is InChI=1S/C23H28O7/c1-5-28-21(25)23(22(26)29-6-2)12-11-16-13-14(3)30-20(24)18(16)19(23)15-7-9-17(27-4)10-8-15/h7-10,13,16,18-19H,5-6,11-12H2,1-4H3/t16-,18+,19-/m1/s1. The summed E-state index contributed by atoms with van der Waals surface area (Å²) in [4.78, 5) is 39.5. The number of methoxy groups -OCH3 is 1. The van der Waals surface area contributed by atoms with Gasteiger partial charge in [0.25, 0.3) is 0 Å². The first kappa shape index (κ1) is 21.9. The number of carbonyl (C=O) groups is 3. The SMILES string of the molecule is CCOC(=O)C1(C(=O)OCC)CC[C@@H]2C=C(C)OC(=O)[C@@H]2[C@H]1c1ccc(OC)cc1. The molecular weight excluding hydrogens is 388 g/mol. The van der Waals surface area contributed by atoms with E-state index in [0.717, 1.165) is 0 Å². The lowest BCUT2D eigenvalue weighted by Gasteiger charge is -2.47. The van der Waals surface area contributed by atoms with Gasteiger partial charge in [0.05, 0.1) is 26.2 Å². The Morgan fingerprint density at radius 1 is 1.10 bits per heavy atom. The lowest BCUT2D eigenvalue weighted by molar-refractivity contribution is -0.181. The highest BCUT2D eigenvalue weighted by molar-refractivity contribution is 6.02. The highest BCUT2D eigenvalue weighted by atomic mass is 16.6. The number of ether oxygens (including phenoxy) is 4. The molecule has 0 aromatic heterocycles. The predicted octanol–water partition coefficient (Wildman–Crippen LogP) is 3.38. The molecule has 0 amide bonds. The van der Waals surface area contributed by atoms with Crippen molar-refractivity contribution in [2.24, 2.45) is 17.3 Å². The molecule has 1 aromatic carbocycles. The van der Waals surface area contributed by atoms with E-state index in [4.69, 9.17) is 18.9 Å². The van der Waals surface area contributed by atoms with Crippen LogP contribution < -0.4 is 4.74 Å². The van der Waals surface area contributed by atoms with Gasteiger partial charge in [0.2, 0.25) is 0 Å². The van der Waals surface area contributed by atoms with Crippen LogP contribution in [0.1, 0.15) is 45.1 Å². The fraction of sp³-hybridized carbons (Fsp3) is 0.522. The van der Waals surface area contributed by atoms with Gasteiger partial charge in [-0.05, 0) is 63.3 Å².